The highest BCUT2D eigenvalue weighted by Gasteiger charge is 2.15. The van der Waals surface area contributed by atoms with Crippen LogP contribution in [-0.4, -0.2) is 4.98 Å². The molecule has 0 atom stereocenters. The molecule has 0 amide bonds. The quantitative estimate of drug-likeness (QED) is 0.300. The summed E-state index contributed by atoms with van der Waals surface area (Å²) in [5.74, 6) is 0.843. The highest BCUT2D eigenvalue weighted by molar-refractivity contribution is 6.10. The van der Waals surface area contributed by atoms with Gasteiger partial charge in [0.1, 0.15) is 11.3 Å². The number of allylic oxidation sites excluding steroid dienone is 1. The molecule has 158 valence electrons. The summed E-state index contributed by atoms with van der Waals surface area (Å²) >= 11 is 0. The van der Waals surface area contributed by atoms with E-state index in [1.165, 1.54) is 21.9 Å². The highest BCUT2D eigenvalue weighted by atomic mass is 16.3. The second kappa shape index (κ2) is 7.68. The van der Waals surface area contributed by atoms with Gasteiger partial charge in [0.25, 0.3) is 0 Å². The lowest BCUT2D eigenvalue weighted by Gasteiger charge is -2.04. The van der Waals surface area contributed by atoms with E-state index >= 15 is 0 Å². The number of furan rings is 1. The van der Waals surface area contributed by atoms with E-state index in [9.17, 15) is 0 Å². The number of aromatic amines is 1. The Morgan fingerprint density at radius 1 is 0.727 bits per heavy atom. The molecule has 4 aromatic carbocycles. The van der Waals surface area contributed by atoms with Crippen molar-refractivity contribution >= 4 is 44.9 Å². The lowest BCUT2D eigenvalue weighted by molar-refractivity contribution is 0.604. The Kier molecular flexibility index (Phi) is 4.51. The Hall–Kier alpha value is -4.30. The second-order valence-electron chi connectivity index (χ2n) is 8.28. The molecule has 0 spiro atoms. The normalized spacial score (nSPS) is 11.8. The van der Waals surface area contributed by atoms with Crippen molar-refractivity contribution < 1.29 is 4.42 Å². The van der Waals surface area contributed by atoms with Gasteiger partial charge in [-0.1, -0.05) is 79.4 Å². The van der Waals surface area contributed by atoms with Crippen molar-refractivity contribution in [3.05, 3.63) is 109 Å². The van der Waals surface area contributed by atoms with E-state index in [1.54, 1.807) is 0 Å². The van der Waals surface area contributed by atoms with Crippen LogP contribution in [-0.2, 0) is 0 Å². The maximum atomic E-state index is 6.31. The van der Waals surface area contributed by atoms with Gasteiger partial charge in [-0.2, -0.15) is 0 Å². The summed E-state index contributed by atoms with van der Waals surface area (Å²) in [6.45, 7) is 6.00. The first-order valence-electron chi connectivity index (χ1n) is 11.2. The third kappa shape index (κ3) is 3.11. The van der Waals surface area contributed by atoms with Crippen LogP contribution in [0.4, 0.5) is 0 Å². The van der Waals surface area contributed by atoms with Crippen molar-refractivity contribution in [1.82, 2.24) is 4.98 Å². The molecule has 2 heteroatoms. The van der Waals surface area contributed by atoms with Gasteiger partial charge in [-0.3, -0.25) is 0 Å². The van der Waals surface area contributed by atoms with Gasteiger partial charge in [0.15, 0.2) is 0 Å². The third-order valence-electron chi connectivity index (χ3n) is 6.32. The molecular weight excluding hydrogens is 402 g/mol. The Morgan fingerprint density at radius 3 is 2.18 bits per heavy atom. The molecule has 6 aromatic rings. The molecule has 0 aliphatic carbocycles. The molecule has 0 saturated carbocycles. The number of H-pyrrole nitrogens is 1. The monoisotopic (exact) mass is 425 g/mol. The van der Waals surface area contributed by atoms with Gasteiger partial charge >= 0.3 is 0 Å². The van der Waals surface area contributed by atoms with E-state index in [1.807, 2.05) is 25.2 Å². The molecule has 0 aliphatic rings. The Balaban J connectivity index is 1.57. The van der Waals surface area contributed by atoms with Crippen molar-refractivity contribution in [1.29, 1.82) is 0 Å². The van der Waals surface area contributed by atoms with Gasteiger partial charge in [-0.25, -0.2) is 0 Å². The van der Waals surface area contributed by atoms with Crippen molar-refractivity contribution in [3.8, 4) is 22.3 Å². The maximum absolute atomic E-state index is 6.31. The first-order valence-corrected chi connectivity index (χ1v) is 11.2. The summed E-state index contributed by atoms with van der Waals surface area (Å²) in [7, 11) is 0. The Bertz CT molecular complexity index is 1680. The second-order valence-corrected chi connectivity index (χ2v) is 8.28. The fraction of sp³-hybridized carbons (Fsp3) is 0.0323. The first kappa shape index (κ1) is 19.4. The van der Waals surface area contributed by atoms with Crippen LogP contribution in [0.1, 0.15) is 18.2 Å². The van der Waals surface area contributed by atoms with Crippen LogP contribution in [0.25, 0.3) is 67.2 Å². The van der Waals surface area contributed by atoms with Gasteiger partial charge in [0, 0.05) is 38.3 Å². The topological polar surface area (TPSA) is 28.9 Å². The molecule has 0 saturated heterocycles. The molecule has 1 N–H and O–H groups in total. The van der Waals surface area contributed by atoms with Crippen LogP contribution < -0.4 is 0 Å². The van der Waals surface area contributed by atoms with Crippen LogP contribution in [0.15, 0.2) is 102 Å². The van der Waals surface area contributed by atoms with Crippen molar-refractivity contribution in [2.75, 3.05) is 0 Å². The summed E-state index contributed by atoms with van der Waals surface area (Å²) in [4.78, 5) is 3.57. The summed E-state index contributed by atoms with van der Waals surface area (Å²) in [6, 6.07) is 30.1. The van der Waals surface area contributed by atoms with Gasteiger partial charge in [-0.15, -0.1) is 0 Å². The van der Waals surface area contributed by atoms with Crippen LogP contribution in [0.5, 0.6) is 0 Å². The first-order chi connectivity index (χ1) is 16.3. The van der Waals surface area contributed by atoms with E-state index in [-0.39, 0.29) is 0 Å². The number of hydrogen-bond acceptors (Lipinski definition) is 1. The number of benzene rings is 4. The molecule has 0 unspecified atom stereocenters. The Labute approximate surface area is 192 Å². The number of fused-ring (bicyclic) bond motifs is 4. The molecule has 0 aliphatic heterocycles. The van der Waals surface area contributed by atoms with E-state index < -0.39 is 0 Å². The molecule has 0 fully saturated rings. The van der Waals surface area contributed by atoms with Crippen molar-refractivity contribution in [3.63, 3.8) is 0 Å². The average molecular weight is 426 g/mol. The standard InChI is InChI=1S/C31H23NO/c1-3-9-30-23(4-2)25-13-8-12-24(31(25)33-30)22-15-17-29-27(19-22)26-18-21(14-16-28(26)32-29)20-10-6-5-7-11-20/h3-19,32H,2H2,1H3/b9-3-. The van der Waals surface area contributed by atoms with E-state index in [0.717, 1.165) is 44.5 Å². The molecule has 33 heavy (non-hydrogen) atoms. The maximum Gasteiger partial charge on any atom is 0.143 e. The SMILES string of the molecule is C=Cc1c(/C=C\C)oc2c(-c3ccc4[nH]c5ccc(-c6ccccc6)cc5c4c3)cccc12. The van der Waals surface area contributed by atoms with Crippen molar-refractivity contribution in [2.45, 2.75) is 6.92 Å². The number of hydrogen-bond donors (Lipinski definition) is 1. The fourth-order valence-corrected chi connectivity index (χ4v) is 4.74. The molecular formula is C31H23NO. The van der Waals surface area contributed by atoms with Gasteiger partial charge in [0.05, 0.1) is 0 Å². The van der Waals surface area contributed by atoms with Crippen LogP contribution in [0, 0.1) is 0 Å². The predicted molar refractivity (Wildman–Crippen MR) is 141 cm³/mol. The van der Waals surface area contributed by atoms with Crippen LogP contribution >= 0.6 is 0 Å². The third-order valence-corrected chi connectivity index (χ3v) is 6.32. The van der Waals surface area contributed by atoms with Crippen molar-refractivity contribution in [2.24, 2.45) is 0 Å². The minimum atomic E-state index is 0.843. The molecule has 0 radical (unpaired) electrons. The summed E-state index contributed by atoms with van der Waals surface area (Å²) in [5.41, 5.74) is 8.86. The number of para-hydroxylation sites is 1. The Morgan fingerprint density at radius 2 is 1.45 bits per heavy atom. The average Bonchev–Trinajstić information content (AvgIpc) is 3.41. The minimum absolute atomic E-state index is 0.843. The van der Waals surface area contributed by atoms with Gasteiger partial charge < -0.3 is 9.40 Å². The lowest BCUT2D eigenvalue weighted by Crippen LogP contribution is -1.80. The molecule has 2 heterocycles. The summed E-state index contributed by atoms with van der Waals surface area (Å²) < 4.78 is 6.31. The molecule has 2 aromatic heterocycles. The number of aromatic nitrogens is 1. The van der Waals surface area contributed by atoms with Gasteiger partial charge in [0.2, 0.25) is 0 Å². The summed E-state index contributed by atoms with van der Waals surface area (Å²) in [5, 5.41) is 3.52. The van der Waals surface area contributed by atoms with Gasteiger partial charge in [-0.05, 0) is 54.0 Å². The van der Waals surface area contributed by atoms with E-state index in [4.69, 9.17) is 4.42 Å². The smallest absolute Gasteiger partial charge is 0.143 e. The van der Waals surface area contributed by atoms with Crippen LogP contribution in [0.3, 0.4) is 0 Å². The lowest BCUT2D eigenvalue weighted by atomic mass is 9.98. The van der Waals surface area contributed by atoms with Crippen LogP contribution in [0.2, 0.25) is 0 Å². The zero-order valence-corrected chi connectivity index (χ0v) is 18.4. The number of nitrogens with one attached hydrogen (secondary N) is 1. The van der Waals surface area contributed by atoms with E-state index in [2.05, 4.69) is 96.5 Å². The minimum Gasteiger partial charge on any atom is -0.455 e. The highest BCUT2D eigenvalue weighted by Crippen LogP contribution is 2.38. The van der Waals surface area contributed by atoms with E-state index in [0.29, 0.717) is 0 Å². The largest absolute Gasteiger partial charge is 0.455 e. The number of rotatable bonds is 4. The molecule has 2 nitrogen and oxygen atoms in total. The fourth-order valence-electron chi connectivity index (χ4n) is 4.74. The molecule has 0 bridgehead atoms. The predicted octanol–water partition coefficient (Wildman–Crippen LogP) is 9.08. The summed E-state index contributed by atoms with van der Waals surface area (Å²) in [6.07, 6.45) is 5.86. The zero-order chi connectivity index (χ0) is 22.4. The zero-order valence-electron chi connectivity index (χ0n) is 18.4. The molecule has 6 rings (SSSR count).